The molecule has 3 rings (SSSR count). The lowest BCUT2D eigenvalue weighted by molar-refractivity contribution is 0.244. The Labute approximate surface area is 109 Å². The molecule has 1 fully saturated rings. The zero-order valence-electron chi connectivity index (χ0n) is 11.2. The van der Waals surface area contributed by atoms with E-state index < -0.39 is 0 Å². The Morgan fingerprint density at radius 2 is 2.06 bits per heavy atom. The fraction of sp³-hybridized carbons (Fsp3) is 0.600. The summed E-state index contributed by atoms with van der Waals surface area (Å²) in [6.07, 6.45) is 5.16. The SMILES string of the molecule is COc1cccc2c1N(C)C1CCCCC1C2N. The highest BCUT2D eigenvalue weighted by Gasteiger charge is 2.40. The van der Waals surface area contributed by atoms with E-state index in [4.69, 9.17) is 10.5 Å². The van der Waals surface area contributed by atoms with Crippen LogP contribution in [0.25, 0.3) is 0 Å². The third-order valence-corrected chi connectivity index (χ3v) is 4.70. The summed E-state index contributed by atoms with van der Waals surface area (Å²) in [6.45, 7) is 0. The molecule has 1 heterocycles. The van der Waals surface area contributed by atoms with Crippen molar-refractivity contribution in [2.45, 2.75) is 37.8 Å². The number of fused-ring (bicyclic) bond motifs is 2. The predicted octanol–water partition coefficient (Wildman–Crippen LogP) is 2.70. The molecule has 98 valence electrons. The number of nitrogens with zero attached hydrogens (tertiary/aromatic N) is 1. The van der Waals surface area contributed by atoms with Crippen molar-refractivity contribution >= 4 is 5.69 Å². The molecular formula is C15H22N2O. The molecule has 1 aromatic rings. The summed E-state index contributed by atoms with van der Waals surface area (Å²) in [5, 5.41) is 0. The van der Waals surface area contributed by atoms with Crippen molar-refractivity contribution in [1.29, 1.82) is 0 Å². The van der Waals surface area contributed by atoms with Gasteiger partial charge in [-0.15, -0.1) is 0 Å². The van der Waals surface area contributed by atoms with Crippen LogP contribution in [0.2, 0.25) is 0 Å². The van der Waals surface area contributed by atoms with Gasteiger partial charge < -0.3 is 15.4 Å². The van der Waals surface area contributed by atoms with Crippen molar-refractivity contribution in [2.24, 2.45) is 11.7 Å². The molecule has 0 amide bonds. The van der Waals surface area contributed by atoms with Crippen molar-refractivity contribution < 1.29 is 4.74 Å². The molecule has 0 spiro atoms. The van der Waals surface area contributed by atoms with Gasteiger partial charge in [0.1, 0.15) is 5.75 Å². The molecular weight excluding hydrogens is 224 g/mol. The zero-order chi connectivity index (χ0) is 12.7. The number of rotatable bonds is 1. The molecule has 0 bridgehead atoms. The van der Waals surface area contributed by atoms with E-state index in [0.717, 1.165) is 5.75 Å². The first-order valence-corrected chi connectivity index (χ1v) is 6.89. The van der Waals surface area contributed by atoms with E-state index in [9.17, 15) is 0 Å². The highest BCUT2D eigenvalue weighted by atomic mass is 16.5. The standard InChI is InChI=1S/C15H22N2O/c1-17-12-8-4-3-6-10(12)14(16)11-7-5-9-13(18-2)15(11)17/h5,7,9-10,12,14H,3-4,6,8,16H2,1-2H3. The molecule has 1 aliphatic carbocycles. The second-order valence-electron chi connectivity index (χ2n) is 5.55. The van der Waals surface area contributed by atoms with Gasteiger partial charge >= 0.3 is 0 Å². The molecule has 3 unspecified atom stereocenters. The number of anilines is 1. The topological polar surface area (TPSA) is 38.5 Å². The van der Waals surface area contributed by atoms with E-state index in [2.05, 4.69) is 24.1 Å². The largest absolute Gasteiger partial charge is 0.495 e. The number of nitrogens with two attached hydrogens (primary N) is 1. The molecule has 2 aliphatic rings. The first-order valence-electron chi connectivity index (χ1n) is 6.89. The summed E-state index contributed by atoms with van der Waals surface area (Å²) in [6, 6.07) is 6.98. The van der Waals surface area contributed by atoms with Crippen molar-refractivity contribution in [3.05, 3.63) is 23.8 Å². The molecule has 18 heavy (non-hydrogen) atoms. The maximum Gasteiger partial charge on any atom is 0.142 e. The van der Waals surface area contributed by atoms with Gasteiger partial charge in [-0.2, -0.15) is 0 Å². The minimum atomic E-state index is 0.164. The summed E-state index contributed by atoms with van der Waals surface area (Å²) in [5.41, 5.74) is 8.96. The number of hydrogen-bond donors (Lipinski definition) is 1. The van der Waals surface area contributed by atoms with Gasteiger partial charge in [0, 0.05) is 19.1 Å². The van der Waals surface area contributed by atoms with Crippen LogP contribution in [0.3, 0.4) is 0 Å². The molecule has 1 aliphatic heterocycles. The first-order chi connectivity index (χ1) is 8.74. The predicted molar refractivity (Wildman–Crippen MR) is 74.1 cm³/mol. The summed E-state index contributed by atoms with van der Waals surface area (Å²) >= 11 is 0. The minimum absolute atomic E-state index is 0.164. The van der Waals surface area contributed by atoms with E-state index in [1.807, 2.05) is 6.07 Å². The highest BCUT2D eigenvalue weighted by molar-refractivity contribution is 5.67. The molecule has 1 saturated carbocycles. The van der Waals surface area contributed by atoms with Crippen molar-refractivity contribution in [2.75, 3.05) is 19.1 Å². The lowest BCUT2D eigenvalue weighted by Gasteiger charge is -2.47. The van der Waals surface area contributed by atoms with Crippen LogP contribution in [0.5, 0.6) is 5.75 Å². The average molecular weight is 246 g/mol. The molecule has 1 aromatic carbocycles. The summed E-state index contributed by atoms with van der Waals surface area (Å²) in [5.74, 6) is 1.55. The number of hydrogen-bond acceptors (Lipinski definition) is 3. The maximum atomic E-state index is 6.50. The summed E-state index contributed by atoms with van der Waals surface area (Å²) in [7, 11) is 3.93. The lowest BCUT2D eigenvalue weighted by atomic mass is 9.74. The van der Waals surface area contributed by atoms with Gasteiger partial charge in [-0.1, -0.05) is 25.0 Å². The third kappa shape index (κ3) is 1.61. The fourth-order valence-corrected chi connectivity index (χ4v) is 3.79. The molecule has 0 aromatic heterocycles. The third-order valence-electron chi connectivity index (χ3n) is 4.70. The second-order valence-corrected chi connectivity index (χ2v) is 5.55. The van der Waals surface area contributed by atoms with Gasteiger partial charge in [0.15, 0.2) is 0 Å². The average Bonchev–Trinajstić information content (AvgIpc) is 2.44. The van der Waals surface area contributed by atoms with Crippen LogP contribution in [0.1, 0.15) is 37.3 Å². The molecule has 3 heteroatoms. The monoisotopic (exact) mass is 246 g/mol. The van der Waals surface area contributed by atoms with E-state index >= 15 is 0 Å². The van der Waals surface area contributed by atoms with Gasteiger partial charge in [-0.25, -0.2) is 0 Å². The van der Waals surface area contributed by atoms with Gasteiger partial charge in [-0.05, 0) is 30.4 Å². The molecule has 0 saturated heterocycles. The number of benzene rings is 1. The molecule has 0 radical (unpaired) electrons. The number of ether oxygens (including phenoxy) is 1. The van der Waals surface area contributed by atoms with Gasteiger partial charge in [0.2, 0.25) is 0 Å². The van der Waals surface area contributed by atoms with E-state index in [1.54, 1.807) is 7.11 Å². The molecule has 3 nitrogen and oxygen atoms in total. The van der Waals surface area contributed by atoms with Crippen molar-refractivity contribution in [3.63, 3.8) is 0 Å². The quantitative estimate of drug-likeness (QED) is 0.828. The highest BCUT2D eigenvalue weighted by Crippen LogP contribution is 2.47. The Morgan fingerprint density at radius 3 is 2.83 bits per heavy atom. The van der Waals surface area contributed by atoms with Crippen LogP contribution in [0, 0.1) is 5.92 Å². The number of para-hydroxylation sites is 1. The Morgan fingerprint density at radius 1 is 1.28 bits per heavy atom. The maximum absolute atomic E-state index is 6.50. The van der Waals surface area contributed by atoms with Gasteiger partial charge in [0.05, 0.1) is 12.8 Å². The van der Waals surface area contributed by atoms with Gasteiger partial charge in [-0.3, -0.25) is 0 Å². The van der Waals surface area contributed by atoms with Crippen LogP contribution >= 0.6 is 0 Å². The van der Waals surface area contributed by atoms with E-state index in [1.165, 1.54) is 36.9 Å². The van der Waals surface area contributed by atoms with Crippen LogP contribution in [0.4, 0.5) is 5.69 Å². The number of methoxy groups -OCH3 is 1. The summed E-state index contributed by atoms with van der Waals surface area (Å²) in [4.78, 5) is 2.40. The molecule has 3 atom stereocenters. The Kier molecular flexibility index (Phi) is 2.94. The zero-order valence-corrected chi connectivity index (χ0v) is 11.2. The lowest BCUT2D eigenvalue weighted by Crippen LogP contribution is -2.48. The van der Waals surface area contributed by atoms with E-state index in [-0.39, 0.29) is 6.04 Å². The minimum Gasteiger partial charge on any atom is -0.495 e. The van der Waals surface area contributed by atoms with Crippen LogP contribution in [-0.4, -0.2) is 20.2 Å². The Hall–Kier alpha value is -1.22. The van der Waals surface area contributed by atoms with Crippen LogP contribution in [-0.2, 0) is 0 Å². The normalized spacial score (nSPS) is 30.6. The second kappa shape index (κ2) is 4.47. The van der Waals surface area contributed by atoms with Crippen molar-refractivity contribution in [3.8, 4) is 5.75 Å². The Bertz CT molecular complexity index is 446. The van der Waals surface area contributed by atoms with Crippen LogP contribution in [0.15, 0.2) is 18.2 Å². The Balaban J connectivity index is 2.10. The summed E-state index contributed by atoms with van der Waals surface area (Å²) < 4.78 is 5.51. The molecule has 2 N–H and O–H groups in total. The van der Waals surface area contributed by atoms with Gasteiger partial charge in [0.25, 0.3) is 0 Å². The smallest absolute Gasteiger partial charge is 0.142 e. The fourth-order valence-electron chi connectivity index (χ4n) is 3.79. The van der Waals surface area contributed by atoms with Crippen molar-refractivity contribution in [1.82, 2.24) is 0 Å². The van der Waals surface area contributed by atoms with Crippen LogP contribution < -0.4 is 15.4 Å². The van der Waals surface area contributed by atoms with E-state index in [0.29, 0.717) is 12.0 Å². The first kappa shape index (κ1) is 11.8.